The Morgan fingerprint density at radius 2 is 2.21 bits per heavy atom. The minimum absolute atomic E-state index is 0.0453. The third-order valence-electron chi connectivity index (χ3n) is 4.94. The highest BCUT2D eigenvalue weighted by Gasteiger charge is 2.39. The average molecular weight is 264 g/mol. The number of carbonyl (C=O) groups excluding carboxylic acids is 1. The van der Waals surface area contributed by atoms with Crippen molar-refractivity contribution >= 4 is 5.97 Å². The predicted molar refractivity (Wildman–Crippen MR) is 74.4 cm³/mol. The van der Waals surface area contributed by atoms with Gasteiger partial charge in [0, 0.05) is 5.57 Å². The Morgan fingerprint density at radius 3 is 2.84 bits per heavy atom. The monoisotopic (exact) mass is 264 g/mol. The van der Waals surface area contributed by atoms with Crippen LogP contribution >= 0.6 is 0 Å². The molecule has 0 saturated heterocycles. The number of aliphatic hydroxyl groups excluding tert-OH is 1. The number of fused-ring (bicyclic) bond motifs is 1. The number of allylic oxidation sites excluding steroid dienone is 1. The molecule has 0 aromatic carbocycles. The van der Waals surface area contributed by atoms with Crippen LogP contribution < -0.4 is 0 Å². The van der Waals surface area contributed by atoms with Gasteiger partial charge in [0.15, 0.2) is 0 Å². The molecule has 1 fully saturated rings. The summed E-state index contributed by atoms with van der Waals surface area (Å²) >= 11 is 0. The summed E-state index contributed by atoms with van der Waals surface area (Å²) in [5.41, 5.74) is 1.71. The van der Waals surface area contributed by atoms with Crippen LogP contribution in [0, 0.1) is 23.7 Å². The minimum atomic E-state index is -0.204. The van der Waals surface area contributed by atoms with Crippen LogP contribution in [0.15, 0.2) is 23.8 Å². The van der Waals surface area contributed by atoms with E-state index in [1.807, 2.05) is 0 Å². The zero-order valence-corrected chi connectivity index (χ0v) is 11.9. The van der Waals surface area contributed by atoms with Gasteiger partial charge in [0.25, 0.3) is 0 Å². The van der Waals surface area contributed by atoms with Crippen molar-refractivity contribution in [3.63, 3.8) is 0 Å². The first-order valence-corrected chi connectivity index (χ1v) is 7.16. The maximum absolute atomic E-state index is 11.7. The largest absolute Gasteiger partial charge is 0.466 e. The van der Waals surface area contributed by atoms with Gasteiger partial charge in [-0.25, -0.2) is 4.79 Å². The lowest BCUT2D eigenvalue weighted by atomic mass is 9.61. The lowest BCUT2D eigenvalue weighted by molar-refractivity contribution is -0.136. The van der Waals surface area contributed by atoms with Gasteiger partial charge in [0.1, 0.15) is 0 Å². The summed E-state index contributed by atoms with van der Waals surface area (Å²) in [6, 6.07) is 0. The van der Waals surface area contributed by atoms with Crippen LogP contribution in [0.1, 0.15) is 32.6 Å². The Morgan fingerprint density at radius 1 is 1.47 bits per heavy atom. The van der Waals surface area contributed by atoms with E-state index >= 15 is 0 Å². The number of aliphatic hydroxyl groups is 1. The summed E-state index contributed by atoms with van der Waals surface area (Å²) in [5.74, 6) is 1.74. The van der Waals surface area contributed by atoms with Crippen molar-refractivity contribution < 1.29 is 14.6 Å². The maximum atomic E-state index is 11.7. The summed E-state index contributed by atoms with van der Waals surface area (Å²) in [6.45, 7) is 6.35. The number of carbonyl (C=O) groups is 1. The average Bonchev–Trinajstić information content (AvgIpc) is 2.45. The Kier molecular flexibility index (Phi) is 4.46. The second-order valence-electron chi connectivity index (χ2n) is 5.94. The molecule has 2 rings (SSSR count). The summed E-state index contributed by atoms with van der Waals surface area (Å²) in [4.78, 5) is 11.7. The van der Waals surface area contributed by atoms with E-state index < -0.39 is 0 Å². The van der Waals surface area contributed by atoms with E-state index in [4.69, 9.17) is 4.74 Å². The standard InChI is InChI=1S/C16H24O3/c1-10-4-6-14(11(2)9-17)15-8-12(16(18)19-3)5-7-13(10)15/h8,10,13-15,17H,2,4-7,9H2,1,3H3/t10-,13-,14-,15+/m1/s1. The van der Waals surface area contributed by atoms with E-state index in [1.54, 1.807) is 0 Å². The molecule has 2 aliphatic carbocycles. The zero-order chi connectivity index (χ0) is 14.0. The molecule has 1 N–H and O–H groups in total. The van der Waals surface area contributed by atoms with Gasteiger partial charge in [-0.05, 0) is 54.9 Å². The van der Waals surface area contributed by atoms with Gasteiger partial charge >= 0.3 is 5.97 Å². The molecule has 19 heavy (non-hydrogen) atoms. The molecule has 2 aliphatic rings. The third kappa shape index (κ3) is 2.76. The van der Waals surface area contributed by atoms with E-state index in [1.165, 1.54) is 13.5 Å². The van der Waals surface area contributed by atoms with Crippen molar-refractivity contribution in [2.45, 2.75) is 32.6 Å². The molecule has 0 aromatic rings. The molecule has 0 bridgehead atoms. The number of rotatable bonds is 3. The van der Waals surface area contributed by atoms with Crippen LogP contribution in [-0.4, -0.2) is 24.8 Å². The molecule has 4 atom stereocenters. The number of hydrogen-bond acceptors (Lipinski definition) is 3. The Bertz CT molecular complexity index is 397. The number of esters is 1. The lowest BCUT2D eigenvalue weighted by Gasteiger charge is -2.44. The quantitative estimate of drug-likeness (QED) is 0.630. The SMILES string of the molecule is C=C(CO)[C@H]1CC[C@@H](C)[C@H]2CCC(C(=O)OC)=C[C@@H]21. The van der Waals surface area contributed by atoms with E-state index in [2.05, 4.69) is 19.6 Å². The van der Waals surface area contributed by atoms with Gasteiger partial charge < -0.3 is 9.84 Å². The van der Waals surface area contributed by atoms with Gasteiger partial charge in [-0.3, -0.25) is 0 Å². The summed E-state index contributed by atoms with van der Waals surface area (Å²) in [7, 11) is 1.43. The molecule has 0 aliphatic heterocycles. The number of methoxy groups -OCH3 is 1. The lowest BCUT2D eigenvalue weighted by Crippen LogP contribution is -2.36. The maximum Gasteiger partial charge on any atom is 0.333 e. The van der Waals surface area contributed by atoms with Gasteiger partial charge in [0.05, 0.1) is 13.7 Å². The summed E-state index contributed by atoms with van der Waals surface area (Å²) in [5, 5.41) is 9.35. The van der Waals surface area contributed by atoms with Gasteiger partial charge in [-0.2, -0.15) is 0 Å². The van der Waals surface area contributed by atoms with Crippen molar-refractivity contribution in [2.75, 3.05) is 13.7 Å². The van der Waals surface area contributed by atoms with Gasteiger partial charge in [-0.15, -0.1) is 0 Å². The molecule has 3 heteroatoms. The first kappa shape index (κ1) is 14.3. The second-order valence-corrected chi connectivity index (χ2v) is 5.94. The Balaban J connectivity index is 2.26. The highest BCUT2D eigenvalue weighted by Crippen LogP contribution is 2.47. The molecule has 0 radical (unpaired) electrons. The molecule has 0 heterocycles. The van der Waals surface area contributed by atoms with Crippen LogP contribution in [0.5, 0.6) is 0 Å². The van der Waals surface area contributed by atoms with Crippen LogP contribution in [0.2, 0.25) is 0 Å². The van der Waals surface area contributed by atoms with Crippen molar-refractivity contribution in [2.24, 2.45) is 23.7 Å². The summed E-state index contributed by atoms with van der Waals surface area (Å²) in [6.07, 6.45) is 6.21. The number of ether oxygens (including phenoxy) is 1. The minimum Gasteiger partial charge on any atom is -0.466 e. The molecule has 0 unspecified atom stereocenters. The van der Waals surface area contributed by atoms with Gasteiger partial charge in [-0.1, -0.05) is 19.6 Å². The normalized spacial score (nSPS) is 34.2. The smallest absolute Gasteiger partial charge is 0.333 e. The zero-order valence-electron chi connectivity index (χ0n) is 11.9. The first-order valence-electron chi connectivity index (χ1n) is 7.16. The fourth-order valence-corrected chi connectivity index (χ4v) is 3.78. The van der Waals surface area contributed by atoms with Crippen LogP contribution in [-0.2, 0) is 9.53 Å². The fraction of sp³-hybridized carbons (Fsp3) is 0.688. The van der Waals surface area contributed by atoms with Crippen molar-refractivity contribution in [1.82, 2.24) is 0 Å². The van der Waals surface area contributed by atoms with E-state index in [9.17, 15) is 9.90 Å². The van der Waals surface area contributed by atoms with Gasteiger partial charge in [0.2, 0.25) is 0 Å². The Hall–Kier alpha value is -1.09. The first-order chi connectivity index (χ1) is 9.08. The molecule has 106 valence electrons. The van der Waals surface area contributed by atoms with E-state index in [0.717, 1.165) is 30.4 Å². The third-order valence-corrected chi connectivity index (χ3v) is 4.94. The molecule has 3 nitrogen and oxygen atoms in total. The van der Waals surface area contributed by atoms with Crippen molar-refractivity contribution in [1.29, 1.82) is 0 Å². The van der Waals surface area contributed by atoms with E-state index in [0.29, 0.717) is 23.7 Å². The van der Waals surface area contributed by atoms with Crippen LogP contribution in [0.25, 0.3) is 0 Å². The second kappa shape index (κ2) is 5.91. The predicted octanol–water partition coefficient (Wildman–Crippen LogP) is 2.71. The highest BCUT2D eigenvalue weighted by molar-refractivity contribution is 5.88. The molecule has 0 amide bonds. The van der Waals surface area contributed by atoms with Crippen molar-refractivity contribution in [3.05, 3.63) is 23.8 Å². The number of hydrogen-bond donors (Lipinski definition) is 1. The Labute approximate surface area is 115 Å². The summed E-state index contributed by atoms with van der Waals surface area (Å²) < 4.78 is 4.84. The topological polar surface area (TPSA) is 46.5 Å². The fourth-order valence-electron chi connectivity index (χ4n) is 3.78. The van der Waals surface area contributed by atoms with Crippen LogP contribution in [0.3, 0.4) is 0 Å². The molecule has 0 aromatic heterocycles. The molecule has 0 spiro atoms. The highest BCUT2D eigenvalue weighted by atomic mass is 16.5. The molecular formula is C16H24O3. The van der Waals surface area contributed by atoms with E-state index in [-0.39, 0.29) is 12.6 Å². The van der Waals surface area contributed by atoms with Crippen LogP contribution in [0.4, 0.5) is 0 Å². The molecule has 1 saturated carbocycles. The molecular weight excluding hydrogens is 240 g/mol. The van der Waals surface area contributed by atoms with Crippen molar-refractivity contribution in [3.8, 4) is 0 Å².